The zero-order valence-electron chi connectivity index (χ0n) is 10.8. The van der Waals surface area contributed by atoms with Gasteiger partial charge in [0.2, 0.25) is 0 Å². The van der Waals surface area contributed by atoms with E-state index in [1.165, 1.54) is 12.1 Å². The van der Waals surface area contributed by atoms with Crippen molar-refractivity contribution >= 4 is 23.1 Å². The van der Waals surface area contributed by atoms with Gasteiger partial charge in [-0.05, 0) is 30.7 Å². The summed E-state index contributed by atoms with van der Waals surface area (Å²) in [5.41, 5.74) is 0.803. The average molecular weight is 282 g/mol. The van der Waals surface area contributed by atoms with Gasteiger partial charge in [0.05, 0.1) is 9.95 Å². The van der Waals surface area contributed by atoms with Crippen LogP contribution in [-0.4, -0.2) is 10.7 Å². The van der Waals surface area contributed by atoms with E-state index in [1.807, 2.05) is 0 Å². The van der Waals surface area contributed by atoms with Crippen LogP contribution in [0.25, 0.3) is 0 Å². The average Bonchev–Trinajstić information content (AvgIpc) is 2.36. The van der Waals surface area contributed by atoms with Gasteiger partial charge >= 0.3 is 0 Å². The molecule has 0 radical (unpaired) electrons. The van der Waals surface area contributed by atoms with Crippen LogP contribution in [0.5, 0.6) is 0 Å². The second kappa shape index (κ2) is 5.70. The minimum Gasteiger partial charge on any atom is -0.299 e. The van der Waals surface area contributed by atoms with Gasteiger partial charge in [0.15, 0.2) is 0 Å². The summed E-state index contributed by atoms with van der Waals surface area (Å²) >= 11 is 6.06. The van der Waals surface area contributed by atoms with Crippen LogP contribution in [0.15, 0.2) is 18.2 Å². The predicted octanol–water partition coefficient (Wildman–Crippen LogP) is 3.80. The molecule has 1 aromatic carbocycles. The van der Waals surface area contributed by atoms with Crippen LogP contribution in [0.1, 0.15) is 31.7 Å². The first kappa shape index (κ1) is 14.0. The van der Waals surface area contributed by atoms with Crippen LogP contribution >= 0.6 is 11.6 Å². The molecule has 2 rings (SSSR count). The Balaban J connectivity index is 2.14. The van der Waals surface area contributed by atoms with E-state index in [-0.39, 0.29) is 17.4 Å². The third-order valence-corrected chi connectivity index (χ3v) is 4.09. The molecule has 2 unspecified atom stereocenters. The molecule has 0 saturated heterocycles. The summed E-state index contributed by atoms with van der Waals surface area (Å²) in [5, 5.41) is 11.0. The summed E-state index contributed by atoms with van der Waals surface area (Å²) in [7, 11) is 0. The van der Waals surface area contributed by atoms with Crippen LogP contribution in [-0.2, 0) is 11.2 Å². The third kappa shape index (κ3) is 3.32. The number of ketones is 1. The van der Waals surface area contributed by atoms with Gasteiger partial charge < -0.3 is 0 Å². The molecule has 1 aliphatic carbocycles. The molecule has 0 aliphatic heterocycles. The quantitative estimate of drug-likeness (QED) is 0.625. The molecule has 4 nitrogen and oxygen atoms in total. The van der Waals surface area contributed by atoms with E-state index in [1.54, 1.807) is 6.07 Å². The van der Waals surface area contributed by atoms with E-state index in [4.69, 9.17) is 11.6 Å². The molecule has 0 spiro atoms. The van der Waals surface area contributed by atoms with Gasteiger partial charge in [-0.3, -0.25) is 14.9 Å². The Bertz CT molecular complexity index is 515. The number of nitrogens with zero attached hydrogens (tertiary/aromatic N) is 1. The van der Waals surface area contributed by atoms with E-state index in [0.717, 1.165) is 18.4 Å². The Hall–Kier alpha value is -1.42. The lowest BCUT2D eigenvalue weighted by Gasteiger charge is -2.25. The lowest BCUT2D eigenvalue weighted by atomic mass is 9.78. The van der Waals surface area contributed by atoms with Gasteiger partial charge in [-0.15, -0.1) is 0 Å². The number of non-ortho nitro benzene ring substituents is 1. The first-order chi connectivity index (χ1) is 8.97. The maximum atomic E-state index is 11.9. The molecule has 0 aromatic heterocycles. The first-order valence-corrected chi connectivity index (χ1v) is 6.80. The molecule has 19 heavy (non-hydrogen) atoms. The number of carbonyl (C=O) groups is 1. The van der Waals surface area contributed by atoms with E-state index in [2.05, 4.69) is 6.92 Å². The lowest BCUT2D eigenvalue weighted by molar-refractivity contribution is -0.384. The number of Topliss-reactive ketones (excluding diaryl/α,β-unsaturated/α-hetero) is 1. The molecule has 1 fully saturated rings. The van der Waals surface area contributed by atoms with E-state index >= 15 is 0 Å². The fourth-order valence-corrected chi connectivity index (χ4v) is 2.86. The van der Waals surface area contributed by atoms with Crippen molar-refractivity contribution < 1.29 is 9.72 Å². The third-order valence-electron chi connectivity index (χ3n) is 3.74. The number of hydrogen-bond donors (Lipinski definition) is 0. The molecule has 102 valence electrons. The van der Waals surface area contributed by atoms with Crippen molar-refractivity contribution in [3.63, 3.8) is 0 Å². The first-order valence-electron chi connectivity index (χ1n) is 6.43. The molecule has 1 aliphatic rings. The van der Waals surface area contributed by atoms with Crippen molar-refractivity contribution in [1.82, 2.24) is 0 Å². The molecular weight excluding hydrogens is 266 g/mol. The van der Waals surface area contributed by atoms with Gasteiger partial charge in [0, 0.05) is 24.5 Å². The summed E-state index contributed by atoms with van der Waals surface area (Å²) in [6.07, 6.45) is 3.06. The van der Waals surface area contributed by atoms with Gasteiger partial charge in [-0.2, -0.15) is 0 Å². The SMILES string of the molecule is CC1CCC(=O)C(Cc2ccc([N+](=O)[O-])cc2Cl)C1. The summed E-state index contributed by atoms with van der Waals surface area (Å²) in [5.74, 6) is 0.842. The number of halogens is 1. The number of hydrogen-bond acceptors (Lipinski definition) is 3. The fourth-order valence-electron chi connectivity index (χ4n) is 2.61. The van der Waals surface area contributed by atoms with Crippen molar-refractivity contribution in [1.29, 1.82) is 0 Å². The maximum Gasteiger partial charge on any atom is 0.270 e. The van der Waals surface area contributed by atoms with Crippen LogP contribution < -0.4 is 0 Å². The minimum absolute atomic E-state index is 0.00251. The second-order valence-corrected chi connectivity index (χ2v) is 5.69. The van der Waals surface area contributed by atoms with Crippen LogP contribution in [0.4, 0.5) is 5.69 Å². The topological polar surface area (TPSA) is 60.2 Å². The zero-order valence-corrected chi connectivity index (χ0v) is 11.5. The Morgan fingerprint density at radius 1 is 1.47 bits per heavy atom. The number of nitro groups is 1. The van der Waals surface area contributed by atoms with Crippen LogP contribution in [0, 0.1) is 22.0 Å². The van der Waals surface area contributed by atoms with Gasteiger partial charge in [-0.1, -0.05) is 24.6 Å². The monoisotopic (exact) mass is 281 g/mol. The van der Waals surface area contributed by atoms with Gasteiger partial charge in [0.1, 0.15) is 5.78 Å². The Morgan fingerprint density at radius 2 is 2.21 bits per heavy atom. The van der Waals surface area contributed by atoms with Crippen LogP contribution in [0.2, 0.25) is 5.02 Å². The number of nitro benzene ring substituents is 1. The highest BCUT2D eigenvalue weighted by atomic mass is 35.5. The molecular formula is C14H16ClNO3. The van der Waals surface area contributed by atoms with Crippen molar-refractivity contribution in [2.45, 2.75) is 32.6 Å². The highest BCUT2D eigenvalue weighted by Crippen LogP contribution is 2.31. The maximum absolute atomic E-state index is 11.9. The van der Waals surface area contributed by atoms with Crippen molar-refractivity contribution in [3.8, 4) is 0 Å². The Labute approximate surface area is 116 Å². The smallest absolute Gasteiger partial charge is 0.270 e. The molecule has 0 amide bonds. The summed E-state index contributed by atoms with van der Waals surface area (Å²) in [4.78, 5) is 22.1. The summed E-state index contributed by atoms with van der Waals surface area (Å²) in [6.45, 7) is 2.15. The van der Waals surface area contributed by atoms with Crippen LogP contribution in [0.3, 0.4) is 0 Å². The van der Waals surface area contributed by atoms with Crippen molar-refractivity contribution in [2.75, 3.05) is 0 Å². The minimum atomic E-state index is -0.469. The van der Waals surface area contributed by atoms with E-state index in [0.29, 0.717) is 23.8 Å². The summed E-state index contributed by atoms with van der Waals surface area (Å²) < 4.78 is 0. The number of carbonyl (C=O) groups excluding carboxylic acids is 1. The molecule has 2 atom stereocenters. The largest absolute Gasteiger partial charge is 0.299 e. The molecule has 0 bridgehead atoms. The normalized spacial score (nSPS) is 23.4. The molecule has 1 saturated carbocycles. The fraction of sp³-hybridized carbons (Fsp3) is 0.500. The van der Waals surface area contributed by atoms with Gasteiger partial charge in [-0.25, -0.2) is 0 Å². The van der Waals surface area contributed by atoms with Gasteiger partial charge in [0.25, 0.3) is 5.69 Å². The zero-order chi connectivity index (χ0) is 14.0. The highest BCUT2D eigenvalue weighted by molar-refractivity contribution is 6.31. The summed E-state index contributed by atoms with van der Waals surface area (Å²) in [6, 6.07) is 4.46. The number of rotatable bonds is 3. The molecule has 0 heterocycles. The van der Waals surface area contributed by atoms with Crippen molar-refractivity contribution in [2.24, 2.45) is 11.8 Å². The standard InChI is InChI=1S/C14H16ClNO3/c1-9-2-5-14(17)11(6-9)7-10-3-4-12(16(18)19)8-13(10)15/h3-4,8-9,11H,2,5-7H2,1H3. The van der Waals surface area contributed by atoms with E-state index in [9.17, 15) is 14.9 Å². The second-order valence-electron chi connectivity index (χ2n) is 5.28. The number of benzene rings is 1. The molecule has 0 N–H and O–H groups in total. The lowest BCUT2D eigenvalue weighted by Crippen LogP contribution is -2.25. The molecule has 1 aromatic rings. The predicted molar refractivity (Wildman–Crippen MR) is 73.3 cm³/mol. The Kier molecular flexibility index (Phi) is 4.20. The van der Waals surface area contributed by atoms with Crippen molar-refractivity contribution in [3.05, 3.63) is 38.9 Å². The highest BCUT2D eigenvalue weighted by Gasteiger charge is 2.27. The van der Waals surface area contributed by atoms with E-state index < -0.39 is 4.92 Å². The molecule has 5 heteroatoms. The Morgan fingerprint density at radius 3 is 2.84 bits per heavy atom.